The lowest BCUT2D eigenvalue weighted by atomic mass is 10.1. The second kappa shape index (κ2) is 8.70. The number of halogens is 1. The summed E-state index contributed by atoms with van der Waals surface area (Å²) >= 11 is 5.83. The maximum absolute atomic E-state index is 5.83. The van der Waals surface area contributed by atoms with Gasteiger partial charge in [-0.15, -0.1) is 0 Å². The fourth-order valence-electron chi connectivity index (χ4n) is 1.61. The van der Waals surface area contributed by atoms with Gasteiger partial charge in [0.05, 0.1) is 0 Å². The zero-order valence-corrected chi connectivity index (χ0v) is 12.5. The number of rotatable bonds is 8. The Morgan fingerprint density at radius 1 is 1.12 bits per heavy atom. The molecule has 0 N–H and O–H groups in total. The second-order valence-electron chi connectivity index (χ2n) is 3.98. The lowest BCUT2D eigenvalue weighted by Gasteiger charge is -2.10. The summed E-state index contributed by atoms with van der Waals surface area (Å²) in [5.74, 6) is 0. The van der Waals surface area contributed by atoms with Gasteiger partial charge in [-0.1, -0.05) is 23.7 Å². The molecule has 1 rings (SSSR count). The van der Waals surface area contributed by atoms with Gasteiger partial charge in [0.15, 0.2) is 0 Å². The highest BCUT2D eigenvalue weighted by Crippen LogP contribution is 2.11. The summed E-state index contributed by atoms with van der Waals surface area (Å²) < 4.78 is 11.1. The van der Waals surface area contributed by atoms with Gasteiger partial charge in [-0.2, -0.15) is 0 Å². The van der Waals surface area contributed by atoms with E-state index < -0.39 is 9.28 Å². The lowest BCUT2D eigenvalue weighted by Crippen LogP contribution is -2.19. The third kappa shape index (κ3) is 6.84. The number of hydrogen-bond donors (Lipinski definition) is 0. The van der Waals surface area contributed by atoms with Crippen LogP contribution < -0.4 is 0 Å². The summed E-state index contributed by atoms with van der Waals surface area (Å²) in [7, 11) is -1.34. The van der Waals surface area contributed by atoms with Gasteiger partial charge in [0.25, 0.3) is 0 Å². The molecule has 0 aromatic heterocycles. The quantitative estimate of drug-likeness (QED) is 0.532. The first kappa shape index (κ1) is 14.7. The zero-order valence-electron chi connectivity index (χ0n) is 10.6. The Labute approximate surface area is 111 Å². The molecule has 17 heavy (non-hydrogen) atoms. The maximum Gasteiger partial charge on any atom is 0.318 e. The van der Waals surface area contributed by atoms with E-state index >= 15 is 0 Å². The van der Waals surface area contributed by atoms with Gasteiger partial charge in [-0.3, -0.25) is 0 Å². The Bertz CT molecular complexity index is 303. The minimum Gasteiger partial charge on any atom is -0.397 e. The number of aryl methyl sites for hydroxylation is 1. The number of hydrogen-bond acceptors (Lipinski definition) is 2. The minimum absolute atomic E-state index is 0.762. The van der Waals surface area contributed by atoms with Gasteiger partial charge in [-0.05, 0) is 50.4 Å². The van der Waals surface area contributed by atoms with Crippen molar-refractivity contribution in [1.82, 2.24) is 0 Å². The van der Waals surface area contributed by atoms with Crippen molar-refractivity contribution in [3.05, 3.63) is 34.9 Å². The highest BCUT2D eigenvalue weighted by molar-refractivity contribution is 6.42. The molecule has 0 spiro atoms. The standard InChI is InChI=1S/C13H21ClO2Si/c1-3-15-17(2)16-11-5-4-6-12-7-9-13(14)10-8-12/h7-10,17H,3-6,11H2,1-2H3. The predicted molar refractivity (Wildman–Crippen MR) is 75.0 cm³/mol. The summed E-state index contributed by atoms with van der Waals surface area (Å²) in [4.78, 5) is 0. The third-order valence-corrected chi connectivity index (χ3v) is 4.29. The summed E-state index contributed by atoms with van der Waals surface area (Å²) in [6.45, 7) is 5.66. The molecule has 0 radical (unpaired) electrons. The Hall–Kier alpha value is -0.353. The van der Waals surface area contributed by atoms with E-state index in [0.717, 1.165) is 37.5 Å². The monoisotopic (exact) mass is 272 g/mol. The zero-order chi connectivity index (χ0) is 12.5. The normalized spacial score (nSPS) is 12.6. The van der Waals surface area contributed by atoms with Crippen molar-refractivity contribution in [2.24, 2.45) is 0 Å². The van der Waals surface area contributed by atoms with Crippen LogP contribution in [0.3, 0.4) is 0 Å². The van der Waals surface area contributed by atoms with Gasteiger partial charge in [0.1, 0.15) is 0 Å². The van der Waals surface area contributed by atoms with E-state index in [0.29, 0.717) is 0 Å². The Kier molecular flexibility index (Phi) is 7.52. The first-order valence-corrected chi connectivity index (χ1v) is 8.67. The van der Waals surface area contributed by atoms with E-state index in [1.54, 1.807) is 0 Å². The molecular formula is C13H21ClO2Si. The highest BCUT2D eigenvalue weighted by atomic mass is 35.5. The van der Waals surface area contributed by atoms with Crippen LogP contribution in [0.15, 0.2) is 24.3 Å². The molecule has 1 atom stereocenters. The van der Waals surface area contributed by atoms with Crippen LogP contribution in [-0.2, 0) is 15.3 Å². The van der Waals surface area contributed by atoms with Crippen molar-refractivity contribution in [1.29, 1.82) is 0 Å². The van der Waals surface area contributed by atoms with Crippen LogP contribution in [0, 0.1) is 0 Å². The second-order valence-corrected chi connectivity index (χ2v) is 6.22. The van der Waals surface area contributed by atoms with Crippen molar-refractivity contribution in [2.45, 2.75) is 32.7 Å². The minimum atomic E-state index is -1.34. The number of benzene rings is 1. The van der Waals surface area contributed by atoms with Crippen LogP contribution in [0.5, 0.6) is 0 Å². The highest BCUT2D eigenvalue weighted by Gasteiger charge is 2.03. The van der Waals surface area contributed by atoms with E-state index in [-0.39, 0.29) is 0 Å². The van der Waals surface area contributed by atoms with Gasteiger partial charge in [0, 0.05) is 18.2 Å². The van der Waals surface area contributed by atoms with Gasteiger partial charge in [0.2, 0.25) is 0 Å². The van der Waals surface area contributed by atoms with Crippen LogP contribution in [0.4, 0.5) is 0 Å². The topological polar surface area (TPSA) is 18.5 Å². The van der Waals surface area contributed by atoms with Crippen LogP contribution >= 0.6 is 11.6 Å². The molecule has 0 saturated heterocycles. The molecule has 0 heterocycles. The SMILES string of the molecule is CCO[SiH](C)OCCCCc1ccc(Cl)cc1. The number of unbranched alkanes of at least 4 members (excludes halogenated alkanes) is 1. The molecule has 0 aliphatic heterocycles. The molecular weight excluding hydrogens is 252 g/mol. The third-order valence-electron chi connectivity index (χ3n) is 2.53. The van der Waals surface area contributed by atoms with Gasteiger partial charge < -0.3 is 8.85 Å². The molecule has 2 nitrogen and oxygen atoms in total. The average molecular weight is 273 g/mol. The van der Waals surface area contributed by atoms with E-state index in [1.165, 1.54) is 5.56 Å². The Morgan fingerprint density at radius 2 is 1.82 bits per heavy atom. The van der Waals surface area contributed by atoms with Crippen molar-refractivity contribution >= 4 is 20.9 Å². The Balaban J connectivity index is 2.06. The van der Waals surface area contributed by atoms with Crippen LogP contribution in [0.25, 0.3) is 0 Å². The summed E-state index contributed by atoms with van der Waals surface area (Å²) in [6, 6.07) is 8.05. The summed E-state index contributed by atoms with van der Waals surface area (Å²) in [5.41, 5.74) is 1.34. The van der Waals surface area contributed by atoms with E-state index in [1.807, 2.05) is 19.1 Å². The summed E-state index contributed by atoms with van der Waals surface area (Å²) in [6.07, 6.45) is 3.33. The van der Waals surface area contributed by atoms with Crippen LogP contribution in [-0.4, -0.2) is 22.5 Å². The van der Waals surface area contributed by atoms with Crippen molar-refractivity contribution in [2.75, 3.05) is 13.2 Å². The maximum atomic E-state index is 5.83. The first-order chi connectivity index (χ1) is 8.22. The van der Waals surface area contributed by atoms with E-state index in [2.05, 4.69) is 18.7 Å². The largest absolute Gasteiger partial charge is 0.397 e. The average Bonchev–Trinajstić information content (AvgIpc) is 2.31. The van der Waals surface area contributed by atoms with Crippen LogP contribution in [0.2, 0.25) is 11.6 Å². The van der Waals surface area contributed by atoms with Gasteiger partial charge >= 0.3 is 9.28 Å². The first-order valence-electron chi connectivity index (χ1n) is 6.20. The molecule has 1 aromatic carbocycles. The molecule has 0 bridgehead atoms. The van der Waals surface area contributed by atoms with E-state index in [9.17, 15) is 0 Å². The van der Waals surface area contributed by atoms with Crippen molar-refractivity contribution in [3.63, 3.8) is 0 Å². The van der Waals surface area contributed by atoms with Crippen molar-refractivity contribution in [3.8, 4) is 0 Å². The molecule has 4 heteroatoms. The molecule has 0 aliphatic carbocycles. The fraction of sp³-hybridized carbons (Fsp3) is 0.538. The molecule has 96 valence electrons. The molecule has 1 aromatic rings. The molecule has 1 unspecified atom stereocenters. The van der Waals surface area contributed by atoms with Crippen LogP contribution in [0.1, 0.15) is 25.3 Å². The molecule has 0 aliphatic rings. The molecule has 0 amide bonds. The molecule has 0 fully saturated rings. The lowest BCUT2D eigenvalue weighted by molar-refractivity contribution is 0.206. The smallest absolute Gasteiger partial charge is 0.318 e. The van der Waals surface area contributed by atoms with Gasteiger partial charge in [-0.25, -0.2) is 0 Å². The van der Waals surface area contributed by atoms with E-state index in [4.69, 9.17) is 20.5 Å². The predicted octanol–water partition coefficient (Wildman–Crippen LogP) is 3.57. The van der Waals surface area contributed by atoms with Crippen molar-refractivity contribution < 1.29 is 8.85 Å². The molecule has 0 saturated carbocycles. The summed E-state index contributed by atoms with van der Waals surface area (Å²) in [5, 5.41) is 0.800. The fourth-order valence-corrected chi connectivity index (χ4v) is 2.80. The Morgan fingerprint density at radius 3 is 2.47 bits per heavy atom.